The smallest absolute Gasteiger partial charge is 0.434 e. The molecular weight excluding hydrogens is 342 g/mol. The van der Waals surface area contributed by atoms with Crippen molar-refractivity contribution in [2.75, 3.05) is 13.7 Å². The summed E-state index contributed by atoms with van der Waals surface area (Å²) >= 11 is -0.138. The molecule has 0 aromatic carbocycles. The Labute approximate surface area is 120 Å². The van der Waals surface area contributed by atoms with Crippen LogP contribution in [-0.4, -0.2) is 33.2 Å². The molecule has 1 aromatic heterocycles. The van der Waals surface area contributed by atoms with Gasteiger partial charge in [-0.15, -0.1) is 15.6 Å². The number of alkyl halides is 3. The van der Waals surface area contributed by atoms with E-state index in [-0.39, 0.29) is 23.0 Å². The number of carbonyl (C=O) groups is 1. The molecule has 0 N–H and O–H groups in total. The summed E-state index contributed by atoms with van der Waals surface area (Å²) in [5, 5.41) is 0.430. The third-order valence-electron chi connectivity index (χ3n) is 1.95. The van der Waals surface area contributed by atoms with Gasteiger partial charge in [-0.2, -0.15) is 26.7 Å². The number of amides is 1. The lowest BCUT2D eigenvalue weighted by Crippen LogP contribution is -2.31. The topological polar surface area (TPSA) is 72.9 Å². The van der Waals surface area contributed by atoms with Gasteiger partial charge in [-0.25, -0.2) is 9.18 Å². The summed E-state index contributed by atoms with van der Waals surface area (Å²) < 4.78 is 83.1. The van der Waals surface area contributed by atoms with E-state index in [0.29, 0.717) is 5.38 Å². The Hall–Kier alpha value is -1.40. The van der Waals surface area contributed by atoms with Crippen molar-refractivity contribution in [3.05, 3.63) is 16.1 Å². The van der Waals surface area contributed by atoms with E-state index in [4.69, 9.17) is 0 Å². The summed E-state index contributed by atoms with van der Waals surface area (Å²) in [6, 6.07) is 0. The molecule has 0 aliphatic heterocycles. The fourth-order valence-electron chi connectivity index (χ4n) is 1.18. The predicted molar refractivity (Wildman–Crippen MR) is 62.3 cm³/mol. The normalized spacial score (nSPS) is 12.3. The third kappa shape index (κ3) is 4.04. The van der Waals surface area contributed by atoms with Crippen LogP contribution >= 0.6 is 11.3 Å². The Bertz CT molecular complexity index is 625. The molecule has 6 nitrogen and oxygen atoms in total. The van der Waals surface area contributed by atoms with Crippen LogP contribution in [0.15, 0.2) is 10.3 Å². The lowest BCUT2D eigenvalue weighted by molar-refractivity contribution is -0.137. The number of hydrogen-bond donors (Lipinski definition) is 0. The van der Waals surface area contributed by atoms with Crippen molar-refractivity contribution in [1.82, 2.24) is 5.06 Å². The number of halogens is 4. The van der Waals surface area contributed by atoms with Crippen LogP contribution in [0.1, 0.15) is 11.8 Å². The molecule has 0 saturated carbocycles. The van der Waals surface area contributed by atoms with Crippen molar-refractivity contribution < 1.29 is 39.8 Å². The first-order valence-electron chi connectivity index (χ1n) is 5.20. The predicted octanol–water partition coefficient (Wildman–Crippen LogP) is 2.61. The molecule has 1 heterocycles. The molecule has 120 valence electrons. The van der Waals surface area contributed by atoms with E-state index >= 15 is 0 Å². The Balaban J connectivity index is 3.15. The molecule has 0 spiro atoms. The van der Waals surface area contributed by atoms with Gasteiger partial charge in [-0.1, -0.05) is 0 Å². The quantitative estimate of drug-likeness (QED) is 0.616. The minimum absolute atomic E-state index is 0.0517. The summed E-state index contributed by atoms with van der Waals surface area (Å²) in [4.78, 5) is 7.80. The maximum atomic E-state index is 13.4. The number of ether oxygens (including phenoxy) is 1. The fourth-order valence-corrected chi connectivity index (χ4v) is 3.46. The highest BCUT2D eigenvalue weighted by atomic mass is 32.2. The molecule has 0 unspecified atom stereocenters. The molecule has 0 saturated heterocycles. The Morgan fingerprint density at radius 2 is 2.00 bits per heavy atom. The molecule has 0 fully saturated rings. The van der Waals surface area contributed by atoms with Gasteiger partial charge in [0.15, 0.2) is 10.7 Å². The van der Waals surface area contributed by atoms with Crippen molar-refractivity contribution >= 4 is 27.5 Å². The minimum atomic E-state index is -5.18. The lowest BCUT2D eigenvalue weighted by atomic mass is 10.4. The van der Waals surface area contributed by atoms with Crippen molar-refractivity contribution in [3.8, 4) is 0 Å². The largest absolute Gasteiger partial charge is 0.448 e. The zero-order valence-electron chi connectivity index (χ0n) is 10.6. The summed E-state index contributed by atoms with van der Waals surface area (Å²) in [5.74, 6) is -1.62. The first-order chi connectivity index (χ1) is 9.50. The maximum Gasteiger partial charge on any atom is 0.434 e. The summed E-state index contributed by atoms with van der Waals surface area (Å²) in [7, 11) is -4.38. The minimum Gasteiger partial charge on any atom is -0.448 e. The Morgan fingerprint density at radius 1 is 1.43 bits per heavy atom. The van der Waals surface area contributed by atoms with Crippen LogP contribution in [-0.2, 0) is 25.3 Å². The van der Waals surface area contributed by atoms with Crippen LogP contribution in [0.25, 0.3) is 0 Å². The Morgan fingerprint density at radius 3 is 2.48 bits per heavy atom. The molecule has 0 aliphatic rings. The van der Waals surface area contributed by atoms with Crippen LogP contribution in [0.2, 0.25) is 0 Å². The van der Waals surface area contributed by atoms with Gasteiger partial charge in [0.25, 0.3) is 0 Å². The standard InChI is InChI=1S/C9H9F4NO5S2/c1-3-18-8(15)14(2)19-21(16,17)6-5(10)4-20-7(6)9(11,12)13/h4H,3H2,1-2H3. The molecule has 0 aliphatic carbocycles. The highest BCUT2D eigenvalue weighted by Crippen LogP contribution is 2.40. The number of hydrogen-bond acceptors (Lipinski definition) is 6. The number of carbonyl (C=O) groups excluding carboxylic acids is 1. The van der Waals surface area contributed by atoms with E-state index in [1.54, 1.807) is 0 Å². The zero-order valence-corrected chi connectivity index (χ0v) is 12.2. The van der Waals surface area contributed by atoms with Gasteiger partial charge in [0.1, 0.15) is 4.88 Å². The van der Waals surface area contributed by atoms with E-state index < -0.39 is 38.0 Å². The second kappa shape index (κ2) is 6.15. The van der Waals surface area contributed by atoms with Gasteiger partial charge in [0, 0.05) is 12.4 Å². The molecule has 0 radical (unpaired) electrons. The molecule has 21 heavy (non-hydrogen) atoms. The van der Waals surface area contributed by atoms with Crippen molar-refractivity contribution in [2.24, 2.45) is 0 Å². The third-order valence-corrected chi connectivity index (χ3v) is 4.39. The second-order valence-corrected chi connectivity index (χ2v) is 5.81. The zero-order chi connectivity index (χ0) is 16.4. The summed E-state index contributed by atoms with van der Waals surface area (Å²) in [6.45, 7) is 1.30. The lowest BCUT2D eigenvalue weighted by Gasteiger charge is -2.16. The Kier molecular flexibility index (Phi) is 5.17. The average Bonchev–Trinajstić information content (AvgIpc) is 2.71. The highest BCUT2D eigenvalue weighted by Gasteiger charge is 2.42. The monoisotopic (exact) mass is 351 g/mol. The first kappa shape index (κ1) is 17.7. The van der Waals surface area contributed by atoms with E-state index in [9.17, 15) is 30.8 Å². The van der Waals surface area contributed by atoms with Crippen LogP contribution in [0.4, 0.5) is 22.4 Å². The van der Waals surface area contributed by atoms with Crippen LogP contribution in [0, 0.1) is 5.82 Å². The van der Waals surface area contributed by atoms with E-state index in [1.807, 2.05) is 0 Å². The second-order valence-electron chi connectivity index (χ2n) is 3.46. The maximum absolute atomic E-state index is 13.4. The first-order valence-corrected chi connectivity index (χ1v) is 7.48. The summed E-state index contributed by atoms with van der Waals surface area (Å²) in [5.41, 5.74) is 0. The molecule has 1 rings (SSSR count). The van der Waals surface area contributed by atoms with Crippen LogP contribution in [0.5, 0.6) is 0 Å². The van der Waals surface area contributed by atoms with Gasteiger partial charge in [-0.05, 0) is 6.92 Å². The van der Waals surface area contributed by atoms with Gasteiger partial charge < -0.3 is 4.74 Å². The molecule has 12 heteroatoms. The average molecular weight is 351 g/mol. The number of nitrogens with zero attached hydrogens (tertiary/aromatic N) is 1. The number of hydroxylamine groups is 2. The molecule has 0 atom stereocenters. The van der Waals surface area contributed by atoms with Crippen LogP contribution in [0.3, 0.4) is 0 Å². The molecular formula is C9H9F4NO5S2. The van der Waals surface area contributed by atoms with E-state index in [2.05, 4.69) is 9.02 Å². The summed E-state index contributed by atoms with van der Waals surface area (Å²) in [6.07, 6.45) is -6.34. The van der Waals surface area contributed by atoms with E-state index in [1.165, 1.54) is 6.92 Å². The van der Waals surface area contributed by atoms with Gasteiger partial charge in [-0.3, -0.25) is 0 Å². The number of rotatable bonds is 4. The molecule has 1 amide bonds. The fraction of sp³-hybridized carbons (Fsp3) is 0.444. The highest BCUT2D eigenvalue weighted by molar-refractivity contribution is 7.87. The van der Waals surface area contributed by atoms with Gasteiger partial charge >= 0.3 is 22.4 Å². The van der Waals surface area contributed by atoms with Gasteiger partial charge in [0.2, 0.25) is 0 Å². The van der Waals surface area contributed by atoms with Crippen LogP contribution < -0.4 is 0 Å². The van der Waals surface area contributed by atoms with Crippen molar-refractivity contribution in [2.45, 2.75) is 18.0 Å². The molecule has 0 bridgehead atoms. The van der Waals surface area contributed by atoms with E-state index in [0.717, 1.165) is 7.05 Å². The van der Waals surface area contributed by atoms with Crippen molar-refractivity contribution in [3.63, 3.8) is 0 Å². The van der Waals surface area contributed by atoms with Gasteiger partial charge in [0.05, 0.1) is 6.61 Å². The SMILES string of the molecule is CCOC(=O)N(C)OS(=O)(=O)c1c(F)csc1C(F)(F)F. The van der Waals surface area contributed by atoms with Crippen molar-refractivity contribution in [1.29, 1.82) is 0 Å². The molecule has 1 aromatic rings. The number of thiophene rings is 1.